The van der Waals surface area contributed by atoms with Gasteiger partial charge in [0, 0.05) is 5.92 Å². The number of carbonyl (C=O) groups is 2. The monoisotopic (exact) mass is 295 g/mol. The molecule has 0 saturated heterocycles. The van der Waals surface area contributed by atoms with Gasteiger partial charge in [-0.05, 0) is 30.4 Å². The normalized spacial score (nSPS) is 13.8. The van der Waals surface area contributed by atoms with Crippen molar-refractivity contribution in [3.05, 3.63) is 35.6 Å². The van der Waals surface area contributed by atoms with Crippen molar-refractivity contribution in [2.75, 3.05) is 0 Å². The van der Waals surface area contributed by atoms with Crippen LogP contribution in [0.5, 0.6) is 0 Å². The van der Waals surface area contributed by atoms with Gasteiger partial charge >= 0.3 is 5.97 Å². The highest BCUT2D eigenvalue weighted by molar-refractivity contribution is 5.84. The van der Waals surface area contributed by atoms with Crippen LogP contribution in [0.15, 0.2) is 24.3 Å². The summed E-state index contributed by atoms with van der Waals surface area (Å²) < 4.78 is 13.6. The minimum absolute atomic E-state index is 0.160. The predicted octanol–water partition coefficient (Wildman–Crippen LogP) is 2.62. The molecule has 2 N–H and O–H groups in total. The second-order valence-corrected chi connectivity index (χ2v) is 5.73. The summed E-state index contributed by atoms with van der Waals surface area (Å²) in [5, 5.41) is 11.6. The van der Waals surface area contributed by atoms with Crippen LogP contribution in [0.4, 0.5) is 4.39 Å². The van der Waals surface area contributed by atoms with Gasteiger partial charge < -0.3 is 10.4 Å². The Morgan fingerprint density at radius 2 is 1.86 bits per heavy atom. The molecule has 5 heteroatoms. The second kappa shape index (κ2) is 7.76. The van der Waals surface area contributed by atoms with E-state index in [1.165, 1.54) is 6.07 Å². The molecular formula is C16H22FNO3. The molecule has 0 aliphatic rings. The van der Waals surface area contributed by atoms with Gasteiger partial charge in [0.1, 0.15) is 11.9 Å². The lowest BCUT2D eigenvalue weighted by atomic mass is 9.98. The maximum Gasteiger partial charge on any atom is 0.326 e. The number of hydrogen-bond acceptors (Lipinski definition) is 2. The van der Waals surface area contributed by atoms with Gasteiger partial charge in [0.15, 0.2) is 0 Å². The van der Waals surface area contributed by atoms with E-state index < -0.39 is 17.9 Å². The molecule has 0 radical (unpaired) electrons. The average molecular weight is 295 g/mol. The Bertz CT molecular complexity index is 502. The summed E-state index contributed by atoms with van der Waals surface area (Å²) in [5.41, 5.74) is 0.455. The first-order chi connectivity index (χ1) is 9.81. The van der Waals surface area contributed by atoms with E-state index in [9.17, 15) is 14.0 Å². The first kappa shape index (κ1) is 17.1. The van der Waals surface area contributed by atoms with Crippen molar-refractivity contribution in [2.45, 2.75) is 39.7 Å². The van der Waals surface area contributed by atoms with E-state index in [1.807, 2.05) is 13.8 Å². The van der Waals surface area contributed by atoms with Gasteiger partial charge in [0.05, 0.1) is 0 Å². The van der Waals surface area contributed by atoms with E-state index in [0.29, 0.717) is 12.0 Å². The maximum atomic E-state index is 13.6. The molecule has 1 unspecified atom stereocenters. The molecule has 0 heterocycles. The highest BCUT2D eigenvalue weighted by Gasteiger charge is 2.24. The molecule has 0 bridgehead atoms. The number of amides is 1. The van der Waals surface area contributed by atoms with Crippen molar-refractivity contribution in [1.82, 2.24) is 5.32 Å². The van der Waals surface area contributed by atoms with Crippen LogP contribution in [0.2, 0.25) is 0 Å². The van der Waals surface area contributed by atoms with Crippen molar-refractivity contribution in [3.63, 3.8) is 0 Å². The fourth-order valence-electron chi connectivity index (χ4n) is 2.09. The third kappa shape index (κ3) is 5.53. The molecule has 1 amide bonds. The molecule has 0 fully saturated rings. The number of benzene rings is 1. The number of hydrogen-bond donors (Lipinski definition) is 2. The summed E-state index contributed by atoms with van der Waals surface area (Å²) in [7, 11) is 0. The quantitative estimate of drug-likeness (QED) is 0.812. The van der Waals surface area contributed by atoms with E-state index in [0.717, 1.165) is 0 Å². The average Bonchev–Trinajstić information content (AvgIpc) is 2.39. The number of rotatable bonds is 7. The van der Waals surface area contributed by atoms with Gasteiger partial charge in [-0.1, -0.05) is 39.0 Å². The molecule has 1 aromatic carbocycles. The molecule has 0 aliphatic carbocycles. The SMILES string of the molecule is CC(C)C[C@H](NC(=O)C(C)Cc1ccccc1F)C(=O)O. The maximum absolute atomic E-state index is 13.6. The van der Waals surface area contributed by atoms with Crippen LogP contribution >= 0.6 is 0 Å². The summed E-state index contributed by atoms with van der Waals surface area (Å²) in [4.78, 5) is 23.2. The van der Waals surface area contributed by atoms with E-state index in [4.69, 9.17) is 5.11 Å². The molecule has 1 aromatic rings. The van der Waals surface area contributed by atoms with Crippen molar-refractivity contribution in [3.8, 4) is 0 Å². The Labute approximate surface area is 124 Å². The van der Waals surface area contributed by atoms with Gasteiger partial charge in [-0.3, -0.25) is 4.79 Å². The summed E-state index contributed by atoms with van der Waals surface area (Å²) >= 11 is 0. The van der Waals surface area contributed by atoms with Gasteiger partial charge in [-0.15, -0.1) is 0 Å². The fraction of sp³-hybridized carbons (Fsp3) is 0.500. The molecule has 116 valence electrons. The van der Waals surface area contributed by atoms with Crippen LogP contribution in [0, 0.1) is 17.7 Å². The third-order valence-corrected chi connectivity index (χ3v) is 3.25. The van der Waals surface area contributed by atoms with E-state index in [-0.39, 0.29) is 24.1 Å². The molecule has 4 nitrogen and oxygen atoms in total. The Hall–Kier alpha value is -1.91. The smallest absolute Gasteiger partial charge is 0.326 e. The lowest BCUT2D eigenvalue weighted by Crippen LogP contribution is -2.44. The highest BCUT2D eigenvalue weighted by Crippen LogP contribution is 2.13. The minimum atomic E-state index is -1.05. The van der Waals surface area contributed by atoms with E-state index in [1.54, 1.807) is 25.1 Å². The van der Waals surface area contributed by atoms with Gasteiger partial charge in [0.25, 0.3) is 0 Å². The Morgan fingerprint density at radius 3 is 2.38 bits per heavy atom. The van der Waals surface area contributed by atoms with Crippen LogP contribution in [0.3, 0.4) is 0 Å². The molecule has 0 spiro atoms. The molecular weight excluding hydrogens is 273 g/mol. The number of carboxylic acid groups (broad SMARTS) is 1. The van der Waals surface area contributed by atoms with Gasteiger partial charge in [-0.25, -0.2) is 9.18 Å². The van der Waals surface area contributed by atoms with Crippen LogP contribution in [0.25, 0.3) is 0 Å². The Kier molecular flexibility index (Phi) is 6.34. The molecule has 21 heavy (non-hydrogen) atoms. The van der Waals surface area contributed by atoms with Crippen molar-refractivity contribution in [1.29, 1.82) is 0 Å². The van der Waals surface area contributed by atoms with Crippen molar-refractivity contribution < 1.29 is 19.1 Å². The predicted molar refractivity (Wildman–Crippen MR) is 78.3 cm³/mol. The number of halogens is 1. The topological polar surface area (TPSA) is 66.4 Å². The van der Waals surface area contributed by atoms with Crippen LogP contribution in [-0.4, -0.2) is 23.0 Å². The lowest BCUT2D eigenvalue weighted by Gasteiger charge is -2.19. The third-order valence-electron chi connectivity index (χ3n) is 3.25. The largest absolute Gasteiger partial charge is 0.480 e. The Morgan fingerprint density at radius 1 is 1.24 bits per heavy atom. The first-order valence-corrected chi connectivity index (χ1v) is 7.07. The van der Waals surface area contributed by atoms with E-state index in [2.05, 4.69) is 5.32 Å². The molecule has 0 aliphatic heterocycles. The second-order valence-electron chi connectivity index (χ2n) is 5.73. The lowest BCUT2D eigenvalue weighted by molar-refractivity contribution is -0.142. The van der Waals surface area contributed by atoms with Crippen molar-refractivity contribution in [2.24, 2.45) is 11.8 Å². The number of carbonyl (C=O) groups excluding carboxylic acids is 1. The zero-order chi connectivity index (χ0) is 16.0. The van der Waals surface area contributed by atoms with Gasteiger partial charge in [-0.2, -0.15) is 0 Å². The van der Waals surface area contributed by atoms with E-state index >= 15 is 0 Å². The number of nitrogens with one attached hydrogen (secondary N) is 1. The minimum Gasteiger partial charge on any atom is -0.480 e. The van der Waals surface area contributed by atoms with Crippen LogP contribution in [0.1, 0.15) is 32.8 Å². The first-order valence-electron chi connectivity index (χ1n) is 7.07. The van der Waals surface area contributed by atoms with Crippen molar-refractivity contribution >= 4 is 11.9 Å². The molecule has 1 rings (SSSR count). The fourth-order valence-corrected chi connectivity index (χ4v) is 2.09. The number of carboxylic acids is 1. The standard InChI is InChI=1S/C16H22FNO3/c1-10(2)8-14(16(20)21)18-15(19)11(3)9-12-6-4-5-7-13(12)17/h4-7,10-11,14H,8-9H2,1-3H3,(H,18,19)(H,20,21)/t11?,14-/m0/s1. The zero-order valence-electron chi connectivity index (χ0n) is 12.6. The summed E-state index contributed by atoms with van der Waals surface area (Å²) in [6, 6.07) is 5.37. The van der Waals surface area contributed by atoms with Gasteiger partial charge in [0.2, 0.25) is 5.91 Å². The molecule has 2 atom stereocenters. The summed E-state index contributed by atoms with van der Waals surface area (Å²) in [6.07, 6.45) is 0.611. The summed E-state index contributed by atoms with van der Waals surface area (Å²) in [6.45, 7) is 5.45. The highest BCUT2D eigenvalue weighted by atomic mass is 19.1. The number of aliphatic carboxylic acids is 1. The zero-order valence-corrected chi connectivity index (χ0v) is 12.6. The summed E-state index contributed by atoms with van der Waals surface area (Å²) in [5.74, 6) is -2.10. The molecule has 0 aromatic heterocycles. The molecule has 0 saturated carbocycles. The van der Waals surface area contributed by atoms with Crippen LogP contribution in [-0.2, 0) is 16.0 Å². The Balaban J connectivity index is 2.65. The van der Waals surface area contributed by atoms with Crippen LogP contribution < -0.4 is 5.32 Å².